The number of carboxylic acids is 1. The molecular weight excluding hydrogens is 412 g/mol. The van der Waals surface area contributed by atoms with E-state index in [1.807, 2.05) is 0 Å². The lowest BCUT2D eigenvalue weighted by atomic mass is 10.1. The lowest BCUT2D eigenvalue weighted by Gasteiger charge is -2.19. The monoisotopic (exact) mass is 442 g/mol. The summed E-state index contributed by atoms with van der Waals surface area (Å²) in [6.45, 7) is 8.62. The second-order valence-corrected chi connectivity index (χ2v) is 11.6. The van der Waals surface area contributed by atoms with E-state index in [2.05, 4.69) is 9.44 Å². The second-order valence-electron chi connectivity index (χ2n) is 7.04. The third-order valence-corrected chi connectivity index (χ3v) is 7.47. The van der Waals surface area contributed by atoms with Gasteiger partial charge < -0.3 is 9.84 Å². The van der Waals surface area contributed by atoms with Crippen LogP contribution in [0.2, 0.25) is 0 Å². The number of ether oxygens (including phenoxy) is 1. The molecule has 0 rings (SSSR count). The van der Waals surface area contributed by atoms with E-state index in [1.54, 1.807) is 0 Å². The van der Waals surface area contributed by atoms with Crippen LogP contribution in [0.5, 0.6) is 0 Å². The minimum Gasteiger partial charge on any atom is -0.478 e. The predicted molar refractivity (Wildman–Crippen MR) is 105 cm³/mol. The van der Waals surface area contributed by atoms with Crippen molar-refractivity contribution in [3.05, 3.63) is 11.6 Å². The van der Waals surface area contributed by atoms with E-state index in [9.17, 15) is 26.4 Å². The van der Waals surface area contributed by atoms with Gasteiger partial charge in [-0.25, -0.2) is 35.9 Å². The van der Waals surface area contributed by atoms with Gasteiger partial charge in [-0.15, -0.1) is 0 Å². The van der Waals surface area contributed by atoms with Crippen molar-refractivity contribution in [1.29, 1.82) is 0 Å². The number of aliphatic carboxylic acids is 1. The molecule has 164 valence electrons. The van der Waals surface area contributed by atoms with Gasteiger partial charge in [-0.05, 0) is 48.0 Å². The summed E-state index contributed by atoms with van der Waals surface area (Å²) in [5.41, 5.74) is -0.245. The van der Waals surface area contributed by atoms with Crippen molar-refractivity contribution >= 4 is 32.0 Å². The topological polar surface area (TPSA) is 156 Å². The first-order valence-electron chi connectivity index (χ1n) is 8.71. The highest BCUT2D eigenvalue weighted by Gasteiger charge is 2.24. The van der Waals surface area contributed by atoms with Gasteiger partial charge in [-0.1, -0.05) is 0 Å². The molecule has 0 unspecified atom stereocenters. The van der Waals surface area contributed by atoms with Crippen molar-refractivity contribution < 1.29 is 36.3 Å². The molecular formula is C16H30N2O8S2. The Morgan fingerprint density at radius 2 is 1.32 bits per heavy atom. The quantitative estimate of drug-likeness (QED) is 0.289. The number of carbonyl (C=O) groups excluding carboxylic acids is 1. The van der Waals surface area contributed by atoms with Crippen LogP contribution >= 0.6 is 0 Å². The summed E-state index contributed by atoms with van der Waals surface area (Å²) < 4.78 is 57.1. The average molecular weight is 443 g/mol. The van der Waals surface area contributed by atoms with Crippen LogP contribution in [-0.4, -0.2) is 63.1 Å². The molecule has 0 aliphatic carbocycles. The second kappa shape index (κ2) is 10.9. The van der Waals surface area contributed by atoms with Crippen molar-refractivity contribution in [2.45, 2.75) is 70.5 Å². The SMILES string of the molecule is CC(C)S(=O)(=O)N[C@@H](C)COC(=O)C(=CC(=O)O)C[C@H](C)NS(=O)(=O)C(C)C. The molecule has 0 saturated carbocycles. The number of hydrogen-bond acceptors (Lipinski definition) is 7. The Morgan fingerprint density at radius 1 is 0.893 bits per heavy atom. The smallest absolute Gasteiger partial charge is 0.334 e. The van der Waals surface area contributed by atoms with E-state index in [-0.39, 0.29) is 18.6 Å². The van der Waals surface area contributed by atoms with Crippen LogP contribution < -0.4 is 9.44 Å². The first-order valence-corrected chi connectivity index (χ1v) is 11.8. The predicted octanol–water partition coefficient (Wildman–Crippen LogP) is 0.363. The molecule has 0 radical (unpaired) electrons. The van der Waals surface area contributed by atoms with Gasteiger partial charge in [-0.2, -0.15) is 0 Å². The van der Waals surface area contributed by atoms with Crippen LogP contribution in [0, 0.1) is 0 Å². The molecule has 2 atom stereocenters. The van der Waals surface area contributed by atoms with Gasteiger partial charge in [0.2, 0.25) is 20.0 Å². The summed E-state index contributed by atoms with van der Waals surface area (Å²) >= 11 is 0. The molecule has 0 aromatic heterocycles. The van der Waals surface area contributed by atoms with Crippen LogP contribution in [0.15, 0.2) is 11.6 Å². The van der Waals surface area contributed by atoms with Crippen molar-refractivity contribution in [1.82, 2.24) is 9.44 Å². The first kappa shape index (κ1) is 26.5. The van der Waals surface area contributed by atoms with E-state index in [0.717, 1.165) is 0 Å². The van der Waals surface area contributed by atoms with Crippen LogP contribution in [-0.2, 0) is 34.4 Å². The van der Waals surface area contributed by atoms with E-state index in [4.69, 9.17) is 9.84 Å². The maximum atomic E-state index is 12.2. The number of nitrogens with one attached hydrogen (secondary N) is 2. The molecule has 0 saturated heterocycles. The van der Waals surface area contributed by atoms with Gasteiger partial charge in [0.25, 0.3) is 0 Å². The Balaban J connectivity index is 5.04. The summed E-state index contributed by atoms with van der Waals surface area (Å²) in [5.74, 6) is -2.35. The molecule has 0 fully saturated rings. The summed E-state index contributed by atoms with van der Waals surface area (Å²) in [7, 11) is -7.16. The molecule has 0 aromatic carbocycles. The molecule has 0 bridgehead atoms. The van der Waals surface area contributed by atoms with Crippen LogP contribution in [0.1, 0.15) is 48.0 Å². The molecule has 3 N–H and O–H groups in total. The number of carboxylic acid groups (broad SMARTS) is 1. The van der Waals surface area contributed by atoms with Gasteiger partial charge >= 0.3 is 11.9 Å². The zero-order valence-electron chi connectivity index (χ0n) is 16.9. The Bertz CT molecular complexity index is 785. The zero-order chi connectivity index (χ0) is 22.3. The molecule has 0 aromatic rings. The first-order chi connectivity index (χ1) is 12.6. The standard InChI is InChI=1S/C16H30N2O8S2/c1-10(2)27(22,23)17-12(5)7-14(8-15(19)20)16(21)26-9-13(6)18-28(24,25)11(3)4/h8,10-13,17-18H,7,9H2,1-6H3,(H,19,20)/t12-,13-/m0/s1. The van der Waals surface area contributed by atoms with E-state index in [1.165, 1.54) is 41.5 Å². The maximum Gasteiger partial charge on any atom is 0.334 e. The maximum absolute atomic E-state index is 12.2. The third-order valence-electron chi connectivity index (χ3n) is 3.52. The van der Waals surface area contributed by atoms with Crippen LogP contribution in [0.3, 0.4) is 0 Å². The molecule has 0 aliphatic heterocycles. The number of rotatable bonds is 12. The Kier molecular flexibility index (Phi) is 10.3. The van der Waals surface area contributed by atoms with E-state index in [0.29, 0.717) is 6.08 Å². The molecule has 12 heteroatoms. The minimum absolute atomic E-state index is 0.205. The van der Waals surface area contributed by atoms with Crippen molar-refractivity contribution in [2.75, 3.05) is 6.61 Å². The molecule has 0 spiro atoms. The minimum atomic E-state index is -3.60. The summed E-state index contributed by atoms with van der Waals surface area (Å²) in [6.07, 6.45) is 0.439. The number of esters is 1. The number of hydrogen-bond donors (Lipinski definition) is 3. The summed E-state index contributed by atoms with van der Waals surface area (Å²) in [6, 6.07) is -1.47. The largest absolute Gasteiger partial charge is 0.478 e. The molecule has 28 heavy (non-hydrogen) atoms. The number of carbonyl (C=O) groups is 2. The highest BCUT2D eigenvalue weighted by Crippen LogP contribution is 2.11. The van der Waals surface area contributed by atoms with Gasteiger partial charge in [0.05, 0.1) is 16.5 Å². The normalized spacial score (nSPS) is 15.5. The van der Waals surface area contributed by atoms with Crippen LogP contribution in [0.4, 0.5) is 0 Å². The van der Waals surface area contributed by atoms with E-state index >= 15 is 0 Å². The van der Waals surface area contributed by atoms with Gasteiger partial charge in [0, 0.05) is 17.7 Å². The van der Waals surface area contributed by atoms with Crippen molar-refractivity contribution in [3.8, 4) is 0 Å². The average Bonchev–Trinajstić information content (AvgIpc) is 2.50. The Morgan fingerprint density at radius 3 is 1.71 bits per heavy atom. The molecule has 0 amide bonds. The Labute approximate surface area is 166 Å². The van der Waals surface area contributed by atoms with Crippen molar-refractivity contribution in [3.63, 3.8) is 0 Å². The highest BCUT2D eigenvalue weighted by atomic mass is 32.2. The third kappa shape index (κ3) is 9.62. The summed E-state index contributed by atoms with van der Waals surface area (Å²) in [5, 5.41) is 7.59. The van der Waals surface area contributed by atoms with Gasteiger partial charge in [0.15, 0.2) is 0 Å². The summed E-state index contributed by atoms with van der Waals surface area (Å²) in [4.78, 5) is 23.2. The lowest BCUT2D eigenvalue weighted by Crippen LogP contribution is -2.40. The van der Waals surface area contributed by atoms with Gasteiger partial charge in [-0.3, -0.25) is 0 Å². The fourth-order valence-electron chi connectivity index (χ4n) is 1.88. The van der Waals surface area contributed by atoms with Gasteiger partial charge in [0.1, 0.15) is 6.61 Å². The van der Waals surface area contributed by atoms with E-state index < -0.39 is 54.6 Å². The molecule has 0 heterocycles. The zero-order valence-corrected chi connectivity index (χ0v) is 18.6. The number of sulfonamides is 2. The fraction of sp³-hybridized carbons (Fsp3) is 0.750. The lowest BCUT2D eigenvalue weighted by molar-refractivity contribution is -0.140. The molecule has 0 aliphatic rings. The Hall–Kier alpha value is -1.50. The highest BCUT2D eigenvalue weighted by molar-refractivity contribution is 7.90. The fourth-order valence-corrected chi connectivity index (χ4v) is 3.70. The van der Waals surface area contributed by atoms with Crippen molar-refractivity contribution in [2.24, 2.45) is 0 Å². The van der Waals surface area contributed by atoms with Crippen LogP contribution in [0.25, 0.3) is 0 Å². The molecule has 10 nitrogen and oxygen atoms in total.